The average molecular weight is 108 g/mol. The van der Waals surface area contributed by atoms with E-state index < -0.39 is 11.6 Å². The monoisotopic (exact) mass is 108 g/mol. The van der Waals surface area contributed by atoms with E-state index in [1.807, 2.05) is 0 Å². The third-order valence-electron chi connectivity index (χ3n) is 0.354. The molecule has 0 saturated heterocycles. The molecule has 0 amide bonds. The molecule has 38 valence electrons. The van der Waals surface area contributed by atoms with Gasteiger partial charge in [-0.15, -0.1) is 0 Å². The Kier molecular flexibility index (Phi) is 4.91. The lowest BCUT2D eigenvalue weighted by molar-refractivity contribution is 0.630. The minimum atomic E-state index is -1.42. The van der Waals surface area contributed by atoms with Gasteiger partial charge in [-0.2, -0.15) is 0 Å². The topological polar surface area (TPSA) is 34.1 Å². The fourth-order valence-corrected chi connectivity index (χ4v) is 0. The highest BCUT2D eigenvalue weighted by Gasteiger charge is 1.95. The molecule has 0 bridgehead atoms. The molecule has 1 aliphatic carbocycles. The largest absolute Gasteiger partial charge is 0.235 e. The molecule has 2 nitrogen and oxygen atoms in total. The van der Waals surface area contributed by atoms with Crippen LogP contribution in [0.25, 0.3) is 0 Å². The van der Waals surface area contributed by atoms with Gasteiger partial charge in [0.25, 0.3) is 0 Å². The molecule has 0 spiro atoms. The maximum Gasteiger partial charge on any atom is 0.129 e. The van der Waals surface area contributed by atoms with Gasteiger partial charge in [-0.25, -0.2) is 8.42 Å². The van der Waals surface area contributed by atoms with E-state index in [0.717, 1.165) is 0 Å². The van der Waals surface area contributed by atoms with Gasteiger partial charge in [-0.05, 0) is 0 Å². The van der Waals surface area contributed by atoms with Crippen molar-refractivity contribution in [2.24, 2.45) is 0 Å². The predicted molar refractivity (Wildman–Crippen MR) is 25.6 cm³/mol. The summed E-state index contributed by atoms with van der Waals surface area (Å²) in [5.41, 5.74) is 0. The molecule has 1 fully saturated rings. The van der Waals surface area contributed by atoms with Crippen LogP contribution in [-0.2, 0) is 11.6 Å². The zero-order valence-corrected chi connectivity index (χ0v) is 4.44. The van der Waals surface area contributed by atoms with Crippen molar-refractivity contribution in [3.05, 3.63) is 0 Å². The molecule has 0 aromatic heterocycles. The average Bonchev–Trinajstić information content (AvgIpc) is 2.11. The summed E-state index contributed by atoms with van der Waals surface area (Å²) < 4.78 is 16.8. The second-order valence-corrected chi connectivity index (χ2v) is 1.31. The van der Waals surface area contributed by atoms with Crippen LogP contribution in [0.5, 0.6) is 0 Å². The van der Waals surface area contributed by atoms with Crippen LogP contribution in [0, 0.1) is 0 Å². The molecule has 0 radical (unpaired) electrons. The van der Waals surface area contributed by atoms with Gasteiger partial charge in [0.05, 0.1) is 0 Å². The molecular weight excluding hydrogens is 100 g/mol. The Labute approximate surface area is 40.2 Å². The summed E-state index contributed by atoms with van der Waals surface area (Å²) >= 11 is -1.42. The minimum absolute atomic E-state index is 1.42. The van der Waals surface area contributed by atoms with E-state index >= 15 is 0 Å². The summed E-state index contributed by atoms with van der Waals surface area (Å²) in [7, 11) is 0. The van der Waals surface area contributed by atoms with Crippen LogP contribution in [0.4, 0.5) is 0 Å². The fourth-order valence-electron chi connectivity index (χ4n) is 0. The lowest BCUT2D eigenvalue weighted by Crippen LogP contribution is -1.18. The molecule has 0 atom stereocenters. The molecule has 0 N–H and O–H groups in total. The zero-order chi connectivity index (χ0) is 4.83. The van der Waals surface area contributed by atoms with Crippen LogP contribution >= 0.6 is 0 Å². The van der Waals surface area contributed by atoms with Crippen LogP contribution < -0.4 is 0 Å². The maximum atomic E-state index is 8.40. The van der Waals surface area contributed by atoms with Crippen LogP contribution in [0.3, 0.4) is 0 Å². The standard InChI is InChI=1S/C3H6.H2O2S/c1-2-3-1;1-3-2/h1-3H2;3H2. The second-order valence-electron chi connectivity index (χ2n) is 1.14. The minimum Gasteiger partial charge on any atom is -0.235 e. The Hall–Kier alpha value is -0.0500. The molecule has 0 aromatic carbocycles. The van der Waals surface area contributed by atoms with Crippen LogP contribution in [-0.4, -0.2) is 8.42 Å². The molecule has 1 rings (SSSR count). The van der Waals surface area contributed by atoms with Crippen LogP contribution in [0.15, 0.2) is 0 Å². The van der Waals surface area contributed by atoms with Crippen molar-refractivity contribution in [1.82, 2.24) is 0 Å². The number of hydrogen-bond acceptors (Lipinski definition) is 2. The van der Waals surface area contributed by atoms with E-state index in [1.165, 1.54) is 19.3 Å². The molecule has 0 unspecified atom stereocenters. The lowest BCUT2D eigenvalue weighted by Gasteiger charge is -1.07. The van der Waals surface area contributed by atoms with Crippen molar-refractivity contribution >= 4 is 11.6 Å². The normalized spacial score (nSPS) is 14.7. The highest BCUT2D eigenvalue weighted by atomic mass is 32.1. The van der Waals surface area contributed by atoms with Crippen LogP contribution in [0.1, 0.15) is 19.3 Å². The van der Waals surface area contributed by atoms with Gasteiger partial charge in [-0.1, -0.05) is 19.3 Å². The third kappa shape index (κ3) is 38.1. The Morgan fingerprint density at radius 1 is 1.00 bits per heavy atom. The van der Waals surface area contributed by atoms with Crippen molar-refractivity contribution in [2.45, 2.75) is 19.3 Å². The maximum absolute atomic E-state index is 8.40. The summed E-state index contributed by atoms with van der Waals surface area (Å²) in [4.78, 5) is 0. The summed E-state index contributed by atoms with van der Waals surface area (Å²) in [6, 6.07) is 0. The van der Waals surface area contributed by atoms with Crippen molar-refractivity contribution in [1.29, 1.82) is 0 Å². The van der Waals surface area contributed by atoms with Gasteiger partial charge in [0.1, 0.15) is 11.6 Å². The first-order valence-corrected chi connectivity index (χ1v) is 2.72. The molecule has 3 heteroatoms. The third-order valence-corrected chi connectivity index (χ3v) is 0.354. The molecule has 1 aliphatic rings. The molecule has 0 aromatic rings. The second kappa shape index (κ2) is 4.95. The highest BCUT2D eigenvalue weighted by molar-refractivity contribution is 7.51. The van der Waals surface area contributed by atoms with Gasteiger partial charge in [0.15, 0.2) is 0 Å². The molecule has 1 saturated carbocycles. The van der Waals surface area contributed by atoms with Gasteiger partial charge in [0.2, 0.25) is 0 Å². The number of rotatable bonds is 0. The molecule has 0 heterocycles. The Balaban J connectivity index is 0.0000000833. The van der Waals surface area contributed by atoms with E-state index in [2.05, 4.69) is 0 Å². The first-order valence-electron chi connectivity index (χ1n) is 1.91. The Bertz CT molecular complexity index is 51.1. The van der Waals surface area contributed by atoms with Gasteiger partial charge >= 0.3 is 0 Å². The zero-order valence-electron chi connectivity index (χ0n) is 3.44. The lowest BCUT2D eigenvalue weighted by atomic mass is 11.0. The number of hydrogen-bond donors (Lipinski definition) is 0. The summed E-state index contributed by atoms with van der Waals surface area (Å²) in [6.45, 7) is 0. The highest BCUT2D eigenvalue weighted by Crippen LogP contribution is 2.14. The van der Waals surface area contributed by atoms with Gasteiger partial charge in [0, 0.05) is 0 Å². The van der Waals surface area contributed by atoms with Crippen molar-refractivity contribution < 1.29 is 8.42 Å². The first-order chi connectivity index (χ1) is 2.91. The van der Waals surface area contributed by atoms with E-state index in [1.54, 1.807) is 0 Å². The van der Waals surface area contributed by atoms with Crippen molar-refractivity contribution in [3.63, 3.8) is 0 Å². The van der Waals surface area contributed by atoms with E-state index in [0.29, 0.717) is 0 Å². The summed E-state index contributed by atoms with van der Waals surface area (Å²) in [6.07, 6.45) is 4.50. The molecule has 0 aliphatic heterocycles. The van der Waals surface area contributed by atoms with E-state index in [9.17, 15) is 0 Å². The van der Waals surface area contributed by atoms with Gasteiger partial charge < -0.3 is 0 Å². The summed E-state index contributed by atoms with van der Waals surface area (Å²) in [5, 5.41) is 0. The van der Waals surface area contributed by atoms with Crippen LogP contribution in [0.2, 0.25) is 0 Å². The van der Waals surface area contributed by atoms with Crippen molar-refractivity contribution in [3.8, 4) is 0 Å². The molecular formula is C3H8O2S. The first kappa shape index (κ1) is 5.95. The van der Waals surface area contributed by atoms with Crippen molar-refractivity contribution in [2.75, 3.05) is 0 Å². The van der Waals surface area contributed by atoms with E-state index in [-0.39, 0.29) is 0 Å². The fraction of sp³-hybridized carbons (Fsp3) is 1.00. The predicted octanol–water partition coefficient (Wildman–Crippen LogP) is -0.0353. The molecule has 6 heavy (non-hydrogen) atoms. The Morgan fingerprint density at radius 2 is 1.17 bits per heavy atom. The SMILES string of the molecule is C1CC1.O=[SH2]=O. The van der Waals surface area contributed by atoms with Gasteiger partial charge in [-0.3, -0.25) is 0 Å². The summed E-state index contributed by atoms with van der Waals surface area (Å²) in [5.74, 6) is 0. The smallest absolute Gasteiger partial charge is 0.129 e. The Morgan fingerprint density at radius 3 is 1.17 bits per heavy atom. The van der Waals surface area contributed by atoms with E-state index in [4.69, 9.17) is 8.42 Å². The quantitative estimate of drug-likeness (QED) is 0.436.